The molecule has 0 heteroatoms. The fourth-order valence-corrected chi connectivity index (χ4v) is 2.69. The molecule has 0 saturated carbocycles. The summed E-state index contributed by atoms with van der Waals surface area (Å²) in [6.45, 7) is 28.0. The van der Waals surface area contributed by atoms with Crippen molar-refractivity contribution >= 4 is 0 Å². The zero-order valence-electron chi connectivity index (χ0n) is 38.2. The summed E-state index contributed by atoms with van der Waals surface area (Å²) in [5.74, 6) is 0. The van der Waals surface area contributed by atoms with E-state index in [1.807, 2.05) is 352 Å². The summed E-state index contributed by atoms with van der Waals surface area (Å²) in [7, 11) is 0. The summed E-state index contributed by atoms with van der Waals surface area (Å²) in [6.07, 6.45) is 0. The van der Waals surface area contributed by atoms with Gasteiger partial charge in [0.15, 0.2) is 0 Å². The summed E-state index contributed by atoms with van der Waals surface area (Å²) in [6, 6.07) is 84.0. The second-order valence-electron chi connectivity index (χ2n) is 8.08. The van der Waals surface area contributed by atoms with Gasteiger partial charge in [-0.2, -0.15) is 0 Å². The maximum Gasteiger partial charge on any atom is -0.0623 e. The third kappa shape index (κ3) is 82.2. The Balaban J connectivity index is -0.0000000950. The number of benzene rings is 7. The lowest BCUT2D eigenvalue weighted by atomic mass is 10.4. The maximum absolute atomic E-state index is 2.00. The molecular formula is C56H84. The SMILES string of the molecule is CC.CC.CC.CC.CC.CC.CC.c1ccccc1.c1ccccc1.c1ccccc1.c1ccccc1.c1ccccc1.c1ccccc1.c1ccccc1. The molecule has 7 aromatic rings. The van der Waals surface area contributed by atoms with Crippen molar-refractivity contribution in [2.75, 3.05) is 0 Å². The molecule has 0 N–H and O–H groups in total. The molecule has 0 amide bonds. The predicted octanol–water partition coefficient (Wildman–Crippen LogP) is 19.0. The van der Waals surface area contributed by atoms with Crippen LogP contribution in [0.15, 0.2) is 255 Å². The van der Waals surface area contributed by atoms with Crippen molar-refractivity contribution < 1.29 is 0 Å². The van der Waals surface area contributed by atoms with Gasteiger partial charge in [0.2, 0.25) is 0 Å². The van der Waals surface area contributed by atoms with Gasteiger partial charge in [0, 0.05) is 0 Å². The second kappa shape index (κ2) is 87.4. The summed E-state index contributed by atoms with van der Waals surface area (Å²) >= 11 is 0. The van der Waals surface area contributed by atoms with Crippen molar-refractivity contribution in [1.29, 1.82) is 0 Å². The van der Waals surface area contributed by atoms with Crippen molar-refractivity contribution in [3.05, 3.63) is 255 Å². The van der Waals surface area contributed by atoms with Gasteiger partial charge in [-0.3, -0.25) is 0 Å². The first kappa shape index (κ1) is 65.4. The zero-order valence-corrected chi connectivity index (χ0v) is 38.2. The number of rotatable bonds is 0. The van der Waals surface area contributed by atoms with E-state index in [0.717, 1.165) is 0 Å². The number of hydrogen-bond donors (Lipinski definition) is 0. The van der Waals surface area contributed by atoms with Crippen molar-refractivity contribution in [1.82, 2.24) is 0 Å². The zero-order chi connectivity index (χ0) is 43.7. The van der Waals surface area contributed by atoms with Crippen LogP contribution >= 0.6 is 0 Å². The largest absolute Gasteiger partial charge is 0.0683 e. The Bertz CT molecular complexity index is 813. The lowest BCUT2D eigenvalue weighted by Gasteiger charge is -1.69. The highest BCUT2D eigenvalue weighted by Gasteiger charge is 1.61. The molecule has 0 unspecified atom stereocenters. The van der Waals surface area contributed by atoms with Crippen molar-refractivity contribution in [3.63, 3.8) is 0 Å². The van der Waals surface area contributed by atoms with E-state index in [1.54, 1.807) is 0 Å². The van der Waals surface area contributed by atoms with Gasteiger partial charge in [0.05, 0.1) is 0 Å². The van der Waals surface area contributed by atoms with Crippen LogP contribution in [0, 0.1) is 0 Å². The molecule has 0 spiro atoms. The third-order valence-corrected chi connectivity index (χ3v) is 4.67. The molecule has 308 valence electrons. The molecular weight excluding hydrogens is 673 g/mol. The third-order valence-electron chi connectivity index (χ3n) is 4.67. The highest BCUT2D eigenvalue weighted by atomic mass is 13.7. The Kier molecular flexibility index (Phi) is 102. The van der Waals surface area contributed by atoms with Gasteiger partial charge in [-0.05, 0) is 0 Å². The maximum atomic E-state index is 2.00. The molecule has 0 aliphatic rings. The predicted molar refractivity (Wildman–Crippen MR) is 265 cm³/mol. The fraction of sp³-hybridized carbons (Fsp3) is 0.250. The van der Waals surface area contributed by atoms with Crippen LogP contribution in [-0.2, 0) is 0 Å². The van der Waals surface area contributed by atoms with Crippen LogP contribution in [0.5, 0.6) is 0 Å². The smallest absolute Gasteiger partial charge is 0.0623 e. The van der Waals surface area contributed by atoms with Gasteiger partial charge in [-0.15, -0.1) is 0 Å². The van der Waals surface area contributed by atoms with Gasteiger partial charge in [0.25, 0.3) is 0 Å². The molecule has 7 aromatic carbocycles. The molecule has 0 aliphatic carbocycles. The topological polar surface area (TPSA) is 0 Å². The van der Waals surface area contributed by atoms with Gasteiger partial charge in [-0.25, -0.2) is 0 Å². The van der Waals surface area contributed by atoms with E-state index in [1.165, 1.54) is 0 Å². The van der Waals surface area contributed by atoms with Crippen LogP contribution in [0.4, 0.5) is 0 Å². The summed E-state index contributed by atoms with van der Waals surface area (Å²) in [4.78, 5) is 0. The molecule has 0 atom stereocenters. The Morgan fingerprint density at radius 2 is 0.0893 bits per heavy atom. The van der Waals surface area contributed by atoms with E-state index in [-0.39, 0.29) is 0 Å². The molecule has 0 aliphatic heterocycles. The molecule has 0 saturated heterocycles. The van der Waals surface area contributed by atoms with Gasteiger partial charge < -0.3 is 0 Å². The first-order valence-corrected chi connectivity index (χ1v) is 21.0. The molecule has 0 nitrogen and oxygen atoms in total. The normalized spacial score (nSPS) is 6.75. The average molecular weight is 757 g/mol. The van der Waals surface area contributed by atoms with Gasteiger partial charge in [0.1, 0.15) is 0 Å². The molecule has 0 fully saturated rings. The monoisotopic (exact) mass is 757 g/mol. The Hall–Kier alpha value is -5.46. The summed E-state index contributed by atoms with van der Waals surface area (Å²) < 4.78 is 0. The minimum absolute atomic E-state index is 2.00. The fourth-order valence-electron chi connectivity index (χ4n) is 2.69. The lowest BCUT2D eigenvalue weighted by molar-refractivity contribution is 1.50. The van der Waals surface area contributed by atoms with Gasteiger partial charge in [-0.1, -0.05) is 352 Å². The molecule has 0 radical (unpaired) electrons. The number of hydrogen-bond acceptors (Lipinski definition) is 0. The molecule has 0 heterocycles. The second-order valence-corrected chi connectivity index (χ2v) is 8.08. The van der Waals surface area contributed by atoms with E-state index in [2.05, 4.69) is 0 Å². The average Bonchev–Trinajstić information content (AvgIpc) is 3.38. The minimum atomic E-state index is 2.00. The Labute approximate surface area is 350 Å². The molecule has 0 aromatic heterocycles. The van der Waals surface area contributed by atoms with Crippen LogP contribution in [0.1, 0.15) is 96.9 Å². The molecule has 7 rings (SSSR count). The standard InChI is InChI=1S/7C6H6.7C2H6/c7*1-2-4-6-5-3-1;7*1-2/h7*1-6H;7*1-2H3. The van der Waals surface area contributed by atoms with Gasteiger partial charge >= 0.3 is 0 Å². The highest BCUT2D eigenvalue weighted by molar-refractivity contribution is 5.02. The Morgan fingerprint density at radius 3 is 0.107 bits per heavy atom. The van der Waals surface area contributed by atoms with Crippen molar-refractivity contribution in [2.24, 2.45) is 0 Å². The molecule has 0 bridgehead atoms. The van der Waals surface area contributed by atoms with Crippen LogP contribution in [-0.4, -0.2) is 0 Å². The minimum Gasteiger partial charge on any atom is -0.0683 e. The van der Waals surface area contributed by atoms with E-state index in [9.17, 15) is 0 Å². The summed E-state index contributed by atoms with van der Waals surface area (Å²) in [5, 5.41) is 0. The Morgan fingerprint density at radius 1 is 0.0714 bits per heavy atom. The van der Waals surface area contributed by atoms with E-state index >= 15 is 0 Å². The van der Waals surface area contributed by atoms with E-state index in [4.69, 9.17) is 0 Å². The first-order valence-electron chi connectivity index (χ1n) is 21.0. The van der Waals surface area contributed by atoms with Crippen LogP contribution in [0.3, 0.4) is 0 Å². The van der Waals surface area contributed by atoms with E-state index < -0.39 is 0 Å². The van der Waals surface area contributed by atoms with Crippen LogP contribution in [0.25, 0.3) is 0 Å². The highest BCUT2D eigenvalue weighted by Crippen LogP contribution is 1.83. The quantitative estimate of drug-likeness (QED) is 0.145. The van der Waals surface area contributed by atoms with E-state index in [0.29, 0.717) is 0 Å². The first-order chi connectivity index (χ1) is 28.0. The molecule has 56 heavy (non-hydrogen) atoms. The van der Waals surface area contributed by atoms with Crippen molar-refractivity contribution in [2.45, 2.75) is 96.9 Å². The van der Waals surface area contributed by atoms with Crippen molar-refractivity contribution in [3.8, 4) is 0 Å². The van der Waals surface area contributed by atoms with Crippen LogP contribution < -0.4 is 0 Å². The lowest BCUT2D eigenvalue weighted by Crippen LogP contribution is -1.47. The summed E-state index contributed by atoms with van der Waals surface area (Å²) in [5.41, 5.74) is 0. The van der Waals surface area contributed by atoms with Crippen LogP contribution in [0.2, 0.25) is 0 Å².